The Hall–Kier alpha value is -1.55. The summed E-state index contributed by atoms with van der Waals surface area (Å²) in [5.41, 5.74) is 7.04. The number of aryl methyl sites for hydroxylation is 1. The molecule has 0 saturated heterocycles. The van der Waals surface area contributed by atoms with Gasteiger partial charge < -0.3 is 15.8 Å². The normalized spacial score (nSPS) is 21.8. The van der Waals surface area contributed by atoms with E-state index >= 15 is 0 Å². The van der Waals surface area contributed by atoms with Crippen LogP contribution in [0, 0.1) is 6.92 Å². The number of ether oxygens (including phenoxy) is 1. The summed E-state index contributed by atoms with van der Waals surface area (Å²) >= 11 is 0. The quantitative estimate of drug-likeness (QED) is 0.791. The minimum Gasteiger partial charge on any atom is -0.494 e. The van der Waals surface area contributed by atoms with Crippen LogP contribution in [0.3, 0.4) is 0 Å². The van der Waals surface area contributed by atoms with Crippen molar-refractivity contribution in [2.45, 2.75) is 57.5 Å². The summed E-state index contributed by atoms with van der Waals surface area (Å²) in [6.45, 7) is 2.61. The van der Waals surface area contributed by atoms with Crippen molar-refractivity contribution in [2.24, 2.45) is 5.73 Å². The molecule has 1 fully saturated rings. The van der Waals surface area contributed by atoms with Crippen LogP contribution >= 0.6 is 0 Å². The molecule has 3 N–H and O–H groups in total. The number of hydrogen-bond donors (Lipinski definition) is 2. The zero-order valence-corrected chi connectivity index (χ0v) is 12.8. The fourth-order valence-electron chi connectivity index (χ4n) is 2.69. The Morgan fingerprint density at radius 3 is 2.81 bits per heavy atom. The van der Waals surface area contributed by atoms with Crippen molar-refractivity contribution in [1.29, 1.82) is 0 Å². The van der Waals surface area contributed by atoms with Crippen molar-refractivity contribution in [2.75, 3.05) is 6.61 Å². The van der Waals surface area contributed by atoms with E-state index in [-0.39, 0.29) is 5.91 Å². The molecule has 1 aliphatic carbocycles. The summed E-state index contributed by atoms with van der Waals surface area (Å²) in [7, 11) is 0. The van der Waals surface area contributed by atoms with Gasteiger partial charge in [0, 0.05) is 18.5 Å². The van der Waals surface area contributed by atoms with Gasteiger partial charge in [-0.05, 0) is 56.7 Å². The van der Waals surface area contributed by atoms with Gasteiger partial charge in [0.05, 0.1) is 6.61 Å². The van der Waals surface area contributed by atoms with Gasteiger partial charge in [0.15, 0.2) is 0 Å². The predicted octanol–water partition coefficient (Wildman–Crippen LogP) is 2.54. The molecule has 0 atom stereocenters. The molecule has 1 aromatic carbocycles. The average Bonchev–Trinajstić information content (AvgIpc) is 2.46. The number of hydrogen-bond acceptors (Lipinski definition) is 3. The van der Waals surface area contributed by atoms with Crippen molar-refractivity contribution < 1.29 is 9.53 Å². The van der Waals surface area contributed by atoms with Crippen molar-refractivity contribution >= 4 is 5.91 Å². The number of amides is 1. The first-order valence-electron chi connectivity index (χ1n) is 7.88. The molecule has 0 aromatic heterocycles. The second-order valence-electron chi connectivity index (χ2n) is 5.95. The predicted molar refractivity (Wildman–Crippen MR) is 84.3 cm³/mol. The van der Waals surface area contributed by atoms with Gasteiger partial charge in [0.2, 0.25) is 5.91 Å². The van der Waals surface area contributed by atoms with E-state index in [1.54, 1.807) is 0 Å². The van der Waals surface area contributed by atoms with Crippen LogP contribution in [0.2, 0.25) is 0 Å². The lowest BCUT2D eigenvalue weighted by Crippen LogP contribution is -2.40. The molecule has 4 nitrogen and oxygen atoms in total. The maximum absolute atomic E-state index is 11.9. The molecule has 0 unspecified atom stereocenters. The zero-order valence-electron chi connectivity index (χ0n) is 12.8. The largest absolute Gasteiger partial charge is 0.494 e. The summed E-state index contributed by atoms with van der Waals surface area (Å²) in [4.78, 5) is 11.9. The highest BCUT2D eigenvalue weighted by Crippen LogP contribution is 2.17. The first kappa shape index (κ1) is 15.8. The molecule has 0 spiro atoms. The van der Waals surface area contributed by atoms with E-state index in [0.717, 1.165) is 37.9 Å². The van der Waals surface area contributed by atoms with Gasteiger partial charge >= 0.3 is 0 Å². The van der Waals surface area contributed by atoms with Gasteiger partial charge in [0.25, 0.3) is 0 Å². The fourth-order valence-corrected chi connectivity index (χ4v) is 2.69. The van der Waals surface area contributed by atoms with E-state index in [1.807, 2.05) is 31.2 Å². The lowest BCUT2D eigenvalue weighted by Gasteiger charge is -2.26. The summed E-state index contributed by atoms with van der Waals surface area (Å²) < 4.78 is 5.64. The molecule has 0 bridgehead atoms. The van der Waals surface area contributed by atoms with Gasteiger partial charge in [0.1, 0.15) is 5.75 Å². The Morgan fingerprint density at radius 1 is 1.33 bits per heavy atom. The van der Waals surface area contributed by atoms with Gasteiger partial charge in [-0.1, -0.05) is 12.1 Å². The van der Waals surface area contributed by atoms with Crippen LogP contribution in [-0.4, -0.2) is 24.6 Å². The van der Waals surface area contributed by atoms with Gasteiger partial charge in [-0.25, -0.2) is 0 Å². The van der Waals surface area contributed by atoms with Crippen molar-refractivity contribution in [3.8, 4) is 5.75 Å². The van der Waals surface area contributed by atoms with Crippen LogP contribution in [-0.2, 0) is 4.79 Å². The monoisotopic (exact) mass is 290 g/mol. The second-order valence-corrected chi connectivity index (χ2v) is 5.95. The standard InChI is InChI=1S/C17H26N2O2/c1-13-4-2-5-16(12-13)21-11-3-6-17(20)19-15-9-7-14(18)8-10-15/h2,4-5,12,14-15H,3,6-11,18H2,1H3,(H,19,20). The number of rotatable bonds is 6. The maximum Gasteiger partial charge on any atom is 0.220 e. The third kappa shape index (κ3) is 5.76. The number of nitrogens with one attached hydrogen (secondary N) is 1. The Labute approximate surface area is 127 Å². The van der Waals surface area contributed by atoms with E-state index in [1.165, 1.54) is 5.56 Å². The number of nitrogens with two attached hydrogens (primary N) is 1. The Kier molecular flexibility index (Phi) is 6.05. The average molecular weight is 290 g/mol. The molecule has 1 saturated carbocycles. The zero-order chi connectivity index (χ0) is 15.1. The maximum atomic E-state index is 11.9. The van der Waals surface area contributed by atoms with Crippen LogP contribution in [0.4, 0.5) is 0 Å². The minimum atomic E-state index is 0.128. The van der Waals surface area contributed by atoms with E-state index in [9.17, 15) is 4.79 Å². The van der Waals surface area contributed by atoms with Crippen LogP contribution in [0.5, 0.6) is 5.75 Å². The summed E-state index contributed by atoms with van der Waals surface area (Å²) in [6.07, 6.45) is 5.31. The minimum absolute atomic E-state index is 0.128. The smallest absolute Gasteiger partial charge is 0.220 e. The molecule has 2 rings (SSSR count). The highest BCUT2D eigenvalue weighted by molar-refractivity contribution is 5.76. The highest BCUT2D eigenvalue weighted by Gasteiger charge is 2.19. The Bertz CT molecular complexity index is 454. The van der Waals surface area contributed by atoms with E-state index < -0.39 is 0 Å². The lowest BCUT2D eigenvalue weighted by atomic mass is 9.92. The van der Waals surface area contributed by atoms with Crippen molar-refractivity contribution in [3.05, 3.63) is 29.8 Å². The third-order valence-corrected chi connectivity index (χ3v) is 3.94. The van der Waals surface area contributed by atoms with E-state index in [4.69, 9.17) is 10.5 Å². The van der Waals surface area contributed by atoms with Crippen LogP contribution < -0.4 is 15.8 Å². The molecular formula is C17H26N2O2. The first-order chi connectivity index (χ1) is 10.1. The van der Waals surface area contributed by atoms with Crippen LogP contribution in [0.25, 0.3) is 0 Å². The third-order valence-electron chi connectivity index (χ3n) is 3.94. The molecule has 116 valence electrons. The van der Waals surface area contributed by atoms with E-state index in [0.29, 0.717) is 25.1 Å². The Balaban J connectivity index is 1.59. The van der Waals surface area contributed by atoms with Crippen LogP contribution in [0.1, 0.15) is 44.1 Å². The van der Waals surface area contributed by atoms with Gasteiger partial charge in [-0.3, -0.25) is 4.79 Å². The SMILES string of the molecule is Cc1cccc(OCCCC(=O)NC2CCC(N)CC2)c1. The molecule has 21 heavy (non-hydrogen) atoms. The first-order valence-corrected chi connectivity index (χ1v) is 7.88. The molecule has 1 aliphatic rings. The topological polar surface area (TPSA) is 64.3 Å². The lowest BCUT2D eigenvalue weighted by molar-refractivity contribution is -0.122. The molecule has 0 aliphatic heterocycles. The molecule has 0 heterocycles. The second kappa shape index (κ2) is 8.03. The molecule has 1 aromatic rings. The molecular weight excluding hydrogens is 264 g/mol. The number of benzene rings is 1. The summed E-state index contributed by atoms with van der Waals surface area (Å²) in [5.74, 6) is 1.000. The Morgan fingerprint density at radius 2 is 2.10 bits per heavy atom. The number of carbonyl (C=O) groups excluding carboxylic acids is 1. The highest BCUT2D eigenvalue weighted by atomic mass is 16.5. The van der Waals surface area contributed by atoms with Gasteiger partial charge in [-0.15, -0.1) is 0 Å². The summed E-state index contributed by atoms with van der Waals surface area (Å²) in [5, 5.41) is 3.10. The van der Waals surface area contributed by atoms with Crippen molar-refractivity contribution in [3.63, 3.8) is 0 Å². The molecule has 0 radical (unpaired) electrons. The van der Waals surface area contributed by atoms with Crippen molar-refractivity contribution in [1.82, 2.24) is 5.32 Å². The molecule has 1 amide bonds. The van der Waals surface area contributed by atoms with Gasteiger partial charge in [-0.2, -0.15) is 0 Å². The molecule has 4 heteroatoms. The van der Waals surface area contributed by atoms with Crippen LogP contribution in [0.15, 0.2) is 24.3 Å². The van der Waals surface area contributed by atoms with E-state index in [2.05, 4.69) is 5.32 Å². The summed E-state index contributed by atoms with van der Waals surface area (Å²) in [6, 6.07) is 8.60. The number of carbonyl (C=O) groups is 1. The fraction of sp³-hybridized carbons (Fsp3) is 0.588.